The molecule has 0 saturated carbocycles. The van der Waals surface area contributed by atoms with Crippen LogP contribution in [-0.4, -0.2) is 36.6 Å². The number of amides is 1. The molecule has 92 valence electrons. The van der Waals surface area contributed by atoms with Gasteiger partial charge in [-0.3, -0.25) is 4.79 Å². The van der Waals surface area contributed by atoms with Crippen LogP contribution in [0.4, 0.5) is 4.39 Å². The molecule has 1 aromatic carbocycles. The number of morpholine rings is 1. The number of nitrogens with zero attached hydrogens (tertiary/aromatic N) is 1. The van der Waals surface area contributed by atoms with Crippen LogP contribution in [0.2, 0.25) is 0 Å². The molecule has 17 heavy (non-hydrogen) atoms. The van der Waals surface area contributed by atoms with Crippen LogP contribution in [0.5, 0.6) is 0 Å². The van der Waals surface area contributed by atoms with Crippen LogP contribution in [0.1, 0.15) is 17.3 Å². The van der Waals surface area contributed by atoms with Gasteiger partial charge in [-0.2, -0.15) is 0 Å². The Morgan fingerprint density at radius 1 is 1.59 bits per heavy atom. The SMILES string of the molecule is C[C@H]1CN(C(=O)c2ccc(F)cc2I)CCO1. The lowest BCUT2D eigenvalue weighted by atomic mass is 10.1. The summed E-state index contributed by atoms with van der Waals surface area (Å²) >= 11 is 1.98. The lowest BCUT2D eigenvalue weighted by molar-refractivity contribution is -0.0124. The van der Waals surface area contributed by atoms with E-state index in [1.807, 2.05) is 29.5 Å². The van der Waals surface area contributed by atoms with Gasteiger partial charge in [0.05, 0.1) is 18.3 Å². The third-order valence-corrected chi connectivity index (χ3v) is 3.58. The van der Waals surface area contributed by atoms with E-state index in [-0.39, 0.29) is 17.8 Å². The maximum absolute atomic E-state index is 13.0. The fourth-order valence-electron chi connectivity index (χ4n) is 1.84. The van der Waals surface area contributed by atoms with Gasteiger partial charge < -0.3 is 9.64 Å². The molecule has 0 unspecified atom stereocenters. The smallest absolute Gasteiger partial charge is 0.255 e. The first-order valence-corrected chi connectivity index (χ1v) is 6.51. The summed E-state index contributed by atoms with van der Waals surface area (Å²) in [5.41, 5.74) is 0.557. The first kappa shape index (κ1) is 12.8. The molecule has 0 aliphatic carbocycles. The lowest BCUT2D eigenvalue weighted by Gasteiger charge is -2.31. The van der Waals surface area contributed by atoms with Crippen molar-refractivity contribution in [1.29, 1.82) is 0 Å². The topological polar surface area (TPSA) is 29.5 Å². The lowest BCUT2D eigenvalue weighted by Crippen LogP contribution is -2.44. The molecule has 5 heteroatoms. The van der Waals surface area contributed by atoms with Crippen molar-refractivity contribution in [3.8, 4) is 0 Å². The molecule has 1 aliphatic rings. The third kappa shape index (κ3) is 2.95. The van der Waals surface area contributed by atoms with Gasteiger partial charge in [0.2, 0.25) is 0 Å². The van der Waals surface area contributed by atoms with E-state index in [2.05, 4.69) is 0 Å². The van der Waals surface area contributed by atoms with Gasteiger partial charge in [0.1, 0.15) is 5.82 Å². The monoisotopic (exact) mass is 349 g/mol. The molecular weight excluding hydrogens is 336 g/mol. The van der Waals surface area contributed by atoms with Crippen molar-refractivity contribution in [2.75, 3.05) is 19.7 Å². The van der Waals surface area contributed by atoms with Crippen molar-refractivity contribution in [3.05, 3.63) is 33.1 Å². The van der Waals surface area contributed by atoms with Crippen LogP contribution in [0.25, 0.3) is 0 Å². The van der Waals surface area contributed by atoms with Crippen LogP contribution >= 0.6 is 22.6 Å². The molecule has 1 aromatic rings. The minimum absolute atomic E-state index is 0.0513. The van der Waals surface area contributed by atoms with E-state index >= 15 is 0 Å². The van der Waals surface area contributed by atoms with Gasteiger partial charge in [-0.15, -0.1) is 0 Å². The van der Waals surface area contributed by atoms with Gasteiger partial charge in [0, 0.05) is 16.7 Å². The number of benzene rings is 1. The highest BCUT2D eigenvalue weighted by atomic mass is 127. The zero-order valence-electron chi connectivity index (χ0n) is 9.45. The fourth-order valence-corrected chi connectivity index (χ4v) is 2.54. The van der Waals surface area contributed by atoms with Crippen molar-refractivity contribution in [3.63, 3.8) is 0 Å². The summed E-state index contributed by atoms with van der Waals surface area (Å²) < 4.78 is 19.0. The number of hydrogen-bond acceptors (Lipinski definition) is 2. The summed E-state index contributed by atoms with van der Waals surface area (Å²) in [7, 11) is 0. The second-order valence-electron chi connectivity index (χ2n) is 4.06. The zero-order valence-corrected chi connectivity index (χ0v) is 11.6. The molecule has 0 spiro atoms. The number of rotatable bonds is 1. The number of carbonyl (C=O) groups is 1. The molecule has 1 aliphatic heterocycles. The standard InChI is InChI=1S/C12H13FINO2/c1-8-7-15(4-5-17-8)12(16)10-3-2-9(13)6-11(10)14/h2-3,6,8H,4-5,7H2,1H3/t8-/m0/s1. The van der Waals surface area contributed by atoms with Gasteiger partial charge in [-0.05, 0) is 47.7 Å². The van der Waals surface area contributed by atoms with Gasteiger partial charge in [0.15, 0.2) is 0 Å². The number of ether oxygens (including phenoxy) is 1. The summed E-state index contributed by atoms with van der Waals surface area (Å²) in [6, 6.07) is 4.23. The van der Waals surface area contributed by atoms with Gasteiger partial charge in [-0.1, -0.05) is 0 Å². The summed E-state index contributed by atoms with van der Waals surface area (Å²) in [6.07, 6.45) is 0.0609. The average molecular weight is 349 g/mol. The minimum atomic E-state index is -0.318. The molecule has 0 N–H and O–H groups in total. The molecule has 3 nitrogen and oxygen atoms in total. The Labute approximate surface area is 113 Å². The van der Waals surface area contributed by atoms with E-state index in [9.17, 15) is 9.18 Å². The zero-order chi connectivity index (χ0) is 12.4. The van der Waals surface area contributed by atoms with Crippen molar-refractivity contribution in [2.24, 2.45) is 0 Å². The largest absolute Gasteiger partial charge is 0.375 e. The Bertz CT molecular complexity index is 439. The second kappa shape index (κ2) is 5.30. The average Bonchev–Trinajstić information content (AvgIpc) is 2.28. The first-order chi connectivity index (χ1) is 8.08. The van der Waals surface area contributed by atoms with E-state index < -0.39 is 0 Å². The van der Waals surface area contributed by atoms with Gasteiger partial charge >= 0.3 is 0 Å². The summed E-state index contributed by atoms with van der Waals surface area (Å²) in [4.78, 5) is 14.0. The van der Waals surface area contributed by atoms with E-state index in [1.165, 1.54) is 12.1 Å². The van der Waals surface area contributed by atoms with E-state index in [0.717, 1.165) is 0 Å². The molecule has 2 rings (SSSR count). The molecule has 0 aromatic heterocycles. The summed E-state index contributed by atoms with van der Waals surface area (Å²) in [5.74, 6) is -0.370. The quantitative estimate of drug-likeness (QED) is 0.729. The summed E-state index contributed by atoms with van der Waals surface area (Å²) in [5, 5.41) is 0. The Balaban J connectivity index is 2.18. The van der Waals surface area contributed by atoms with Gasteiger partial charge in [-0.25, -0.2) is 4.39 Å². The Kier molecular flexibility index (Phi) is 3.98. The van der Waals surface area contributed by atoms with E-state index in [0.29, 0.717) is 28.8 Å². The predicted octanol–water partition coefficient (Wildman–Crippen LogP) is 2.29. The highest BCUT2D eigenvalue weighted by Gasteiger charge is 2.23. The number of hydrogen-bond donors (Lipinski definition) is 0. The van der Waals surface area contributed by atoms with E-state index in [4.69, 9.17) is 4.74 Å². The van der Waals surface area contributed by atoms with Crippen LogP contribution in [-0.2, 0) is 4.74 Å². The second-order valence-corrected chi connectivity index (χ2v) is 5.22. The van der Waals surface area contributed by atoms with Crippen LogP contribution < -0.4 is 0 Å². The number of carbonyl (C=O) groups excluding carboxylic acids is 1. The maximum Gasteiger partial charge on any atom is 0.255 e. The van der Waals surface area contributed by atoms with Crippen molar-refractivity contribution in [2.45, 2.75) is 13.0 Å². The Hall–Kier alpha value is -0.690. The molecular formula is C12H13FINO2. The predicted molar refractivity (Wildman–Crippen MR) is 70.4 cm³/mol. The van der Waals surface area contributed by atoms with Crippen molar-refractivity contribution < 1.29 is 13.9 Å². The molecule has 0 bridgehead atoms. The molecule has 1 heterocycles. The van der Waals surface area contributed by atoms with Crippen LogP contribution in [0.15, 0.2) is 18.2 Å². The van der Waals surface area contributed by atoms with Crippen LogP contribution in [0, 0.1) is 9.39 Å². The maximum atomic E-state index is 13.0. The molecule has 1 amide bonds. The summed E-state index contributed by atoms with van der Waals surface area (Å²) in [6.45, 7) is 3.68. The Morgan fingerprint density at radius 3 is 3.00 bits per heavy atom. The van der Waals surface area contributed by atoms with E-state index in [1.54, 1.807) is 11.0 Å². The molecule has 1 fully saturated rings. The van der Waals surface area contributed by atoms with Crippen molar-refractivity contribution >= 4 is 28.5 Å². The van der Waals surface area contributed by atoms with Gasteiger partial charge in [0.25, 0.3) is 5.91 Å². The molecule has 0 radical (unpaired) electrons. The van der Waals surface area contributed by atoms with Crippen LogP contribution in [0.3, 0.4) is 0 Å². The highest BCUT2D eigenvalue weighted by molar-refractivity contribution is 14.1. The third-order valence-electron chi connectivity index (χ3n) is 2.69. The van der Waals surface area contributed by atoms with Crippen molar-refractivity contribution in [1.82, 2.24) is 4.90 Å². The minimum Gasteiger partial charge on any atom is -0.375 e. The number of halogens is 2. The fraction of sp³-hybridized carbons (Fsp3) is 0.417. The first-order valence-electron chi connectivity index (χ1n) is 5.44. The highest BCUT2D eigenvalue weighted by Crippen LogP contribution is 2.17. The normalized spacial score (nSPS) is 20.4. The molecule has 1 atom stereocenters. The Morgan fingerprint density at radius 2 is 2.35 bits per heavy atom. The molecule has 1 saturated heterocycles.